The van der Waals surface area contributed by atoms with Gasteiger partial charge in [-0.25, -0.2) is 8.42 Å². The zero-order chi connectivity index (χ0) is 17.9. The summed E-state index contributed by atoms with van der Waals surface area (Å²) in [6, 6.07) is 6.26. The van der Waals surface area contributed by atoms with E-state index in [9.17, 15) is 13.2 Å². The molecule has 7 heteroatoms. The number of anilines is 1. The van der Waals surface area contributed by atoms with Crippen molar-refractivity contribution in [2.45, 2.75) is 38.5 Å². The third-order valence-corrected chi connectivity index (χ3v) is 5.89. The minimum Gasteiger partial charge on any atom is -0.326 e. The first-order valence-corrected chi connectivity index (χ1v) is 9.51. The second-order valence-corrected chi connectivity index (χ2v) is 8.03. The molecule has 0 unspecified atom stereocenters. The molecule has 1 N–H and O–H groups in total. The molecule has 1 aromatic heterocycles. The molecule has 1 amide bonds. The van der Waals surface area contributed by atoms with E-state index in [-0.39, 0.29) is 16.6 Å². The smallest absolute Gasteiger partial charge is 0.224 e. The summed E-state index contributed by atoms with van der Waals surface area (Å²) in [6.45, 7) is 5.53. The molecule has 0 aliphatic rings. The lowest BCUT2D eigenvalue weighted by molar-refractivity contribution is -0.116. The number of aryl methyl sites for hydroxylation is 2. The first-order valence-electron chi connectivity index (χ1n) is 7.86. The highest BCUT2D eigenvalue weighted by Crippen LogP contribution is 2.17. The van der Waals surface area contributed by atoms with E-state index in [4.69, 9.17) is 0 Å². The molecule has 24 heavy (non-hydrogen) atoms. The van der Waals surface area contributed by atoms with Gasteiger partial charge in [0.25, 0.3) is 0 Å². The predicted molar refractivity (Wildman–Crippen MR) is 93.8 cm³/mol. The third-order valence-electron chi connectivity index (χ3n) is 4.14. The molecule has 2 aromatic rings. The maximum Gasteiger partial charge on any atom is 0.224 e. The fourth-order valence-electron chi connectivity index (χ4n) is 2.55. The molecule has 6 nitrogen and oxygen atoms in total. The molecule has 0 fully saturated rings. The maximum atomic E-state index is 12.1. The quantitative estimate of drug-likeness (QED) is 0.868. The molecule has 0 spiro atoms. The van der Waals surface area contributed by atoms with Gasteiger partial charge in [0, 0.05) is 24.8 Å². The Hall–Kier alpha value is -2.15. The van der Waals surface area contributed by atoms with Crippen LogP contribution >= 0.6 is 0 Å². The average Bonchev–Trinajstić information content (AvgIpc) is 2.78. The Morgan fingerprint density at radius 2 is 1.83 bits per heavy atom. The predicted octanol–water partition coefficient (Wildman–Crippen LogP) is 2.40. The van der Waals surface area contributed by atoms with E-state index in [2.05, 4.69) is 10.4 Å². The van der Waals surface area contributed by atoms with Crippen LogP contribution in [-0.2, 0) is 28.1 Å². The summed E-state index contributed by atoms with van der Waals surface area (Å²) >= 11 is 0. The zero-order valence-electron chi connectivity index (χ0n) is 14.5. The minimum absolute atomic E-state index is 0.0581. The molecule has 1 heterocycles. The van der Waals surface area contributed by atoms with E-state index >= 15 is 0 Å². The van der Waals surface area contributed by atoms with Crippen molar-refractivity contribution in [3.8, 4) is 0 Å². The summed E-state index contributed by atoms with van der Waals surface area (Å²) in [5, 5.41) is 7.13. The molecular formula is C17H23N3O3S. The zero-order valence-corrected chi connectivity index (χ0v) is 15.3. The van der Waals surface area contributed by atoms with E-state index in [1.54, 1.807) is 19.1 Å². The highest BCUT2D eigenvalue weighted by Gasteiger charge is 2.13. The molecule has 0 saturated heterocycles. The summed E-state index contributed by atoms with van der Waals surface area (Å²) in [7, 11) is -1.33. The third kappa shape index (κ3) is 4.03. The second kappa shape index (κ2) is 7.17. The van der Waals surface area contributed by atoms with Crippen molar-refractivity contribution in [2.75, 3.05) is 11.1 Å². The number of hydrogen-bond donors (Lipinski definition) is 1. The van der Waals surface area contributed by atoms with Crippen molar-refractivity contribution in [3.63, 3.8) is 0 Å². The largest absolute Gasteiger partial charge is 0.326 e. The molecule has 0 aliphatic heterocycles. The number of sulfone groups is 1. The summed E-state index contributed by atoms with van der Waals surface area (Å²) in [4.78, 5) is 12.4. The molecule has 0 aliphatic carbocycles. The van der Waals surface area contributed by atoms with Gasteiger partial charge < -0.3 is 5.32 Å². The van der Waals surface area contributed by atoms with Crippen LogP contribution in [0.25, 0.3) is 0 Å². The molecule has 2 rings (SSSR count). The van der Waals surface area contributed by atoms with Crippen molar-refractivity contribution in [1.29, 1.82) is 0 Å². The van der Waals surface area contributed by atoms with Crippen LogP contribution < -0.4 is 5.32 Å². The van der Waals surface area contributed by atoms with Crippen LogP contribution in [0.1, 0.15) is 30.3 Å². The van der Waals surface area contributed by atoms with Gasteiger partial charge in [0.15, 0.2) is 9.84 Å². The Morgan fingerprint density at radius 1 is 1.21 bits per heavy atom. The summed E-state index contributed by atoms with van der Waals surface area (Å²) < 4.78 is 25.3. The number of rotatable bonds is 6. The Labute approximate surface area is 142 Å². The van der Waals surface area contributed by atoms with Crippen LogP contribution in [0, 0.1) is 13.8 Å². The number of nitrogens with one attached hydrogen (secondary N) is 1. The summed E-state index contributed by atoms with van der Waals surface area (Å²) in [5.41, 5.74) is 3.69. The summed E-state index contributed by atoms with van der Waals surface area (Å²) in [5.74, 6) is -0.0496. The fourth-order valence-corrected chi connectivity index (χ4v) is 3.44. The molecular weight excluding hydrogens is 326 g/mol. The monoisotopic (exact) mass is 349 g/mol. The molecule has 1 aromatic carbocycles. The normalized spacial score (nSPS) is 11.5. The number of nitrogens with zero attached hydrogens (tertiary/aromatic N) is 2. The topological polar surface area (TPSA) is 81.1 Å². The van der Waals surface area contributed by atoms with E-state index < -0.39 is 9.84 Å². The van der Waals surface area contributed by atoms with Gasteiger partial charge >= 0.3 is 0 Å². The average molecular weight is 349 g/mol. The van der Waals surface area contributed by atoms with Crippen molar-refractivity contribution in [1.82, 2.24) is 9.78 Å². The number of hydrogen-bond acceptors (Lipinski definition) is 4. The van der Waals surface area contributed by atoms with Crippen LogP contribution in [0.5, 0.6) is 0 Å². The van der Waals surface area contributed by atoms with Crippen molar-refractivity contribution < 1.29 is 13.2 Å². The molecule has 0 bridgehead atoms. The second-order valence-electron chi connectivity index (χ2n) is 5.75. The highest BCUT2D eigenvalue weighted by atomic mass is 32.2. The minimum atomic E-state index is -3.22. The Balaban J connectivity index is 1.98. The number of aromatic nitrogens is 2. The van der Waals surface area contributed by atoms with Crippen molar-refractivity contribution in [2.24, 2.45) is 7.05 Å². The van der Waals surface area contributed by atoms with Gasteiger partial charge in [-0.1, -0.05) is 6.92 Å². The van der Waals surface area contributed by atoms with E-state index in [0.29, 0.717) is 18.5 Å². The van der Waals surface area contributed by atoms with Crippen LogP contribution in [0.4, 0.5) is 5.69 Å². The van der Waals surface area contributed by atoms with E-state index in [0.717, 1.165) is 17.0 Å². The molecule has 130 valence electrons. The maximum absolute atomic E-state index is 12.1. The molecule has 0 saturated carbocycles. The van der Waals surface area contributed by atoms with E-state index in [1.165, 1.54) is 12.1 Å². The van der Waals surface area contributed by atoms with E-state index in [1.807, 2.05) is 25.6 Å². The van der Waals surface area contributed by atoms with Gasteiger partial charge in [-0.2, -0.15) is 5.10 Å². The van der Waals surface area contributed by atoms with Gasteiger partial charge in [0.2, 0.25) is 5.91 Å². The Kier molecular flexibility index (Phi) is 5.43. The highest BCUT2D eigenvalue weighted by molar-refractivity contribution is 7.91. The van der Waals surface area contributed by atoms with Gasteiger partial charge in [-0.05, 0) is 50.1 Å². The van der Waals surface area contributed by atoms with Crippen LogP contribution in [0.15, 0.2) is 29.2 Å². The van der Waals surface area contributed by atoms with Gasteiger partial charge in [-0.15, -0.1) is 0 Å². The standard InChI is InChI=1S/C17H23N3O3S/c1-5-24(22,23)15-8-6-14(7-9-15)18-17(21)11-10-16-12(2)19-20(4)13(16)3/h6-9H,5,10-11H2,1-4H3,(H,18,21). The van der Waals surface area contributed by atoms with Crippen molar-refractivity contribution >= 4 is 21.4 Å². The van der Waals surface area contributed by atoms with Crippen LogP contribution in [0.2, 0.25) is 0 Å². The van der Waals surface area contributed by atoms with Crippen molar-refractivity contribution in [3.05, 3.63) is 41.2 Å². The van der Waals surface area contributed by atoms with Gasteiger partial charge in [0.1, 0.15) is 0 Å². The SMILES string of the molecule is CCS(=O)(=O)c1ccc(NC(=O)CCc2c(C)nn(C)c2C)cc1. The number of carbonyl (C=O) groups excluding carboxylic acids is 1. The first kappa shape index (κ1) is 18.2. The Morgan fingerprint density at radius 3 is 2.33 bits per heavy atom. The molecule has 0 atom stereocenters. The lowest BCUT2D eigenvalue weighted by Gasteiger charge is -2.07. The molecule has 0 radical (unpaired) electrons. The van der Waals surface area contributed by atoms with Gasteiger partial charge in [0.05, 0.1) is 16.3 Å². The number of carbonyl (C=O) groups is 1. The number of amides is 1. The summed E-state index contributed by atoms with van der Waals surface area (Å²) in [6.07, 6.45) is 0.974. The first-order chi connectivity index (χ1) is 11.2. The lowest BCUT2D eigenvalue weighted by Crippen LogP contribution is -2.13. The number of benzene rings is 1. The van der Waals surface area contributed by atoms with Crippen LogP contribution in [0.3, 0.4) is 0 Å². The van der Waals surface area contributed by atoms with Crippen LogP contribution in [-0.4, -0.2) is 29.9 Å². The van der Waals surface area contributed by atoms with Gasteiger partial charge in [-0.3, -0.25) is 9.48 Å². The lowest BCUT2D eigenvalue weighted by atomic mass is 10.1. The Bertz CT molecular complexity index is 837. The fraction of sp³-hybridized carbons (Fsp3) is 0.412.